The lowest BCUT2D eigenvalue weighted by Gasteiger charge is -2.08. The molecule has 2 aromatic carbocycles. The number of hydrogen-bond acceptors (Lipinski definition) is 2. The molecule has 0 aliphatic carbocycles. The summed E-state index contributed by atoms with van der Waals surface area (Å²) >= 11 is 9.22. The summed E-state index contributed by atoms with van der Waals surface area (Å²) in [6.07, 6.45) is 0. The monoisotopic (exact) mass is 312 g/mol. The van der Waals surface area contributed by atoms with E-state index >= 15 is 0 Å². The molecule has 0 aliphatic heterocycles. The molecular formula is C13H10BrClO2. The van der Waals surface area contributed by atoms with Gasteiger partial charge in [0.05, 0.1) is 9.50 Å². The second kappa shape index (κ2) is 5.43. The molecule has 0 heterocycles. The molecule has 0 fully saturated rings. The lowest BCUT2D eigenvalue weighted by molar-refractivity contribution is 0.304. The predicted octanol–water partition coefficient (Wildman–Crippen LogP) is 4.39. The summed E-state index contributed by atoms with van der Waals surface area (Å²) in [5.74, 6) is 0.855. The van der Waals surface area contributed by atoms with Gasteiger partial charge in [-0.2, -0.15) is 0 Å². The van der Waals surface area contributed by atoms with Crippen molar-refractivity contribution in [2.45, 2.75) is 6.61 Å². The minimum atomic E-state index is 0.0799. The SMILES string of the molecule is Oc1ccc(COc2ccccc2Br)cc1Cl. The van der Waals surface area contributed by atoms with Crippen molar-refractivity contribution < 1.29 is 9.84 Å². The minimum Gasteiger partial charge on any atom is -0.506 e. The number of halogens is 2. The summed E-state index contributed by atoms with van der Waals surface area (Å²) in [4.78, 5) is 0. The molecule has 0 amide bonds. The second-order valence-electron chi connectivity index (χ2n) is 3.50. The van der Waals surface area contributed by atoms with Gasteiger partial charge in [0.1, 0.15) is 18.1 Å². The van der Waals surface area contributed by atoms with Crippen molar-refractivity contribution in [2.24, 2.45) is 0 Å². The molecule has 2 nitrogen and oxygen atoms in total. The highest BCUT2D eigenvalue weighted by Gasteiger charge is 2.03. The Morgan fingerprint density at radius 2 is 1.94 bits per heavy atom. The molecule has 17 heavy (non-hydrogen) atoms. The minimum absolute atomic E-state index is 0.0799. The number of aromatic hydroxyl groups is 1. The van der Waals surface area contributed by atoms with Crippen molar-refractivity contribution in [1.29, 1.82) is 0 Å². The lowest BCUT2D eigenvalue weighted by Crippen LogP contribution is -1.95. The van der Waals surface area contributed by atoms with Crippen LogP contribution >= 0.6 is 27.5 Å². The average Bonchev–Trinajstić information content (AvgIpc) is 2.32. The second-order valence-corrected chi connectivity index (χ2v) is 4.77. The van der Waals surface area contributed by atoms with Crippen LogP contribution in [0.5, 0.6) is 11.5 Å². The number of ether oxygens (including phenoxy) is 1. The van der Waals surface area contributed by atoms with E-state index in [1.54, 1.807) is 18.2 Å². The van der Waals surface area contributed by atoms with Gasteiger partial charge in [0, 0.05) is 0 Å². The smallest absolute Gasteiger partial charge is 0.134 e. The van der Waals surface area contributed by atoms with Crippen LogP contribution in [0.1, 0.15) is 5.56 Å². The summed E-state index contributed by atoms with van der Waals surface area (Å²) in [7, 11) is 0. The molecule has 2 rings (SSSR count). The van der Waals surface area contributed by atoms with Crippen LogP contribution in [0, 0.1) is 0 Å². The van der Waals surface area contributed by atoms with E-state index in [0.29, 0.717) is 11.6 Å². The zero-order valence-electron chi connectivity index (χ0n) is 8.86. The Kier molecular flexibility index (Phi) is 3.92. The maximum absolute atomic E-state index is 9.29. The van der Waals surface area contributed by atoms with Crippen LogP contribution in [0.25, 0.3) is 0 Å². The normalized spacial score (nSPS) is 10.2. The molecule has 88 valence electrons. The van der Waals surface area contributed by atoms with Crippen LogP contribution in [0.15, 0.2) is 46.9 Å². The molecule has 1 N–H and O–H groups in total. The zero-order valence-corrected chi connectivity index (χ0v) is 11.2. The van der Waals surface area contributed by atoms with Gasteiger partial charge < -0.3 is 9.84 Å². The molecule has 0 saturated carbocycles. The molecular weight excluding hydrogens is 303 g/mol. The summed E-state index contributed by atoms with van der Waals surface area (Å²) in [6, 6.07) is 12.6. The van der Waals surface area contributed by atoms with Gasteiger partial charge >= 0.3 is 0 Å². The van der Waals surface area contributed by atoms with E-state index in [1.165, 1.54) is 0 Å². The first-order valence-electron chi connectivity index (χ1n) is 5.01. The quantitative estimate of drug-likeness (QED) is 0.911. The molecule has 0 aromatic heterocycles. The Morgan fingerprint density at radius 1 is 1.18 bits per heavy atom. The highest BCUT2D eigenvalue weighted by atomic mass is 79.9. The van der Waals surface area contributed by atoms with Crippen LogP contribution in [-0.2, 0) is 6.61 Å². The van der Waals surface area contributed by atoms with Gasteiger partial charge in [0.25, 0.3) is 0 Å². The fourth-order valence-corrected chi connectivity index (χ4v) is 1.97. The third kappa shape index (κ3) is 3.14. The van der Waals surface area contributed by atoms with Crippen molar-refractivity contribution >= 4 is 27.5 Å². The number of phenolic OH excluding ortho intramolecular Hbond substituents is 1. The first kappa shape index (κ1) is 12.3. The van der Waals surface area contributed by atoms with Gasteiger partial charge in [-0.1, -0.05) is 29.8 Å². The van der Waals surface area contributed by atoms with Gasteiger partial charge in [0.15, 0.2) is 0 Å². The fourth-order valence-electron chi connectivity index (χ4n) is 1.36. The number of benzene rings is 2. The molecule has 0 radical (unpaired) electrons. The van der Waals surface area contributed by atoms with Crippen LogP contribution in [0.2, 0.25) is 5.02 Å². The molecule has 4 heteroatoms. The molecule has 0 bridgehead atoms. The van der Waals surface area contributed by atoms with E-state index in [2.05, 4.69) is 15.9 Å². The van der Waals surface area contributed by atoms with Gasteiger partial charge in [-0.25, -0.2) is 0 Å². The molecule has 0 saturated heterocycles. The molecule has 0 atom stereocenters. The summed E-state index contributed by atoms with van der Waals surface area (Å²) in [6.45, 7) is 0.405. The number of phenols is 1. The van der Waals surface area contributed by atoms with E-state index in [0.717, 1.165) is 15.8 Å². The van der Waals surface area contributed by atoms with E-state index in [9.17, 15) is 5.11 Å². The molecule has 0 unspecified atom stereocenters. The maximum Gasteiger partial charge on any atom is 0.134 e. The average molecular weight is 314 g/mol. The Bertz CT molecular complexity index is 529. The van der Waals surface area contributed by atoms with Gasteiger partial charge in [-0.15, -0.1) is 0 Å². The molecule has 0 spiro atoms. The predicted molar refractivity (Wildman–Crippen MR) is 71.6 cm³/mol. The Morgan fingerprint density at radius 3 is 2.65 bits per heavy atom. The highest BCUT2D eigenvalue weighted by molar-refractivity contribution is 9.10. The van der Waals surface area contributed by atoms with E-state index < -0.39 is 0 Å². The van der Waals surface area contributed by atoms with Gasteiger partial charge in [0.2, 0.25) is 0 Å². The topological polar surface area (TPSA) is 29.5 Å². The molecule has 0 aliphatic rings. The fraction of sp³-hybridized carbons (Fsp3) is 0.0769. The van der Waals surface area contributed by atoms with Gasteiger partial charge in [-0.05, 0) is 45.8 Å². The lowest BCUT2D eigenvalue weighted by atomic mass is 10.2. The van der Waals surface area contributed by atoms with Crippen molar-refractivity contribution in [3.05, 3.63) is 57.5 Å². The van der Waals surface area contributed by atoms with E-state index in [4.69, 9.17) is 16.3 Å². The van der Waals surface area contributed by atoms with Gasteiger partial charge in [-0.3, -0.25) is 0 Å². The standard InChI is InChI=1S/C13H10BrClO2/c14-10-3-1-2-4-13(10)17-8-9-5-6-12(16)11(15)7-9/h1-7,16H,8H2. The Hall–Kier alpha value is -1.19. The van der Waals surface area contributed by atoms with Crippen LogP contribution in [-0.4, -0.2) is 5.11 Å². The Labute approximate surface area is 113 Å². The largest absolute Gasteiger partial charge is 0.506 e. The van der Waals surface area contributed by atoms with E-state index in [1.807, 2.05) is 24.3 Å². The van der Waals surface area contributed by atoms with Crippen molar-refractivity contribution in [1.82, 2.24) is 0 Å². The summed E-state index contributed by atoms with van der Waals surface area (Å²) in [5, 5.41) is 9.62. The maximum atomic E-state index is 9.29. The van der Waals surface area contributed by atoms with Crippen molar-refractivity contribution in [2.75, 3.05) is 0 Å². The summed E-state index contributed by atoms with van der Waals surface area (Å²) in [5.41, 5.74) is 0.906. The first-order chi connectivity index (χ1) is 8.16. The third-order valence-corrected chi connectivity index (χ3v) is 3.20. The van der Waals surface area contributed by atoms with E-state index in [-0.39, 0.29) is 5.75 Å². The van der Waals surface area contributed by atoms with Crippen LogP contribution in [0.4, 0.5) is 0 Å². The number of para-hydroxylation sites is 1. The highest BCUT2D eigenvalue weighted by Crippen LogP contribution is 2.27. The Balaban J connectivity index is 2.08. The zero-order chi connectivity index (χ0) is 12.3. The number of rotatable bonds is 3. The first-order valence-corrected chi connectivity index (χ1v) is 6.18. The summed E-state index contributed by atoms with van der Waals surface area (Å²) < 4.78 is 6.54. The van der Waals surface area contributed by atoms with Crippen molar-refractivity contribution in [3.63, 3.8) is 0 Å². The molecule has 2 aromatic rings. The third-order valence-electron chi connectivity index (χ3n) is 2.24. The number of hydrogen-bond donors (Lipinski definition) is 1. The van der Waals surface area contributed by atoms with Crippen LogP contribution < -0.4 is 4.74 Å². The van der Waals surface area contributed by atoms with Crippen LogP contribution in [0.3, 0.4) is 0 Å². The van der Waals surface area contributed by atoms with Crippen molar-refractivity contribution in [3.8, 4) is 11.5 Å².